The highest BCUT2D eigenvalue weighted by molar-refractivity contribution is 6.08. The molecule has 1 saturated carbocycles. The lowest BCUT2D eigenvalue weighted by molar-refractivity contribution is -0.152. The number of urea groups is 1. The first-order chi connectivity index (χ1) is 11.1. The van der Waals surface area contributed by atoms with E-state index in [-0.39, 0.29) is 11.8 Å². The molecule has 0 atom stereocenters. The Morgan fingerprint density at radius 2 is 1.83 bits per heavy atom. The van der Waals surface area contributed by atoms with Crippen molar-refractivity contribution in [1.82, 2.24) is 15.8 Å². The van der Waals surface area contributed by atoms with Crippen molar-refractivity contribution >= 4 is 23.8 Å². The Bertz CT molecular complexity index is 546. The Labute approximate surface area is 141 Å². The second-order valence-corrected chi connectivity index (χ2v) is 7.65. The van der Waals surface area contributed by atoms with Gasteiger partial charge in [-0.05, 0) is 18.3 Å². The van der Waals surface area contributed by atoms with Gasteiger partial charge in [0.2, 0.25) is 0 Å². The predicted molar refractivity (Wildman–Crippen MR) is 84.4 cm³/mol. The van der Waals surface area contributed by atoms with Crippen LogP contribution in [0.25, 0.3) is 0 Å². The summed E-state index contributed by atoms with van der Waals surface area (Å²) in [6.45, 7) is 5.11. The Kier molecular flexibility index (Phi) is 5.15. The van der Waals surface area contributed by atoms with Gasteiger partial charge in [-0.15, -0.1) is 0 Å². The van der Waals surface area contributed by atoms with E-state index in [4.69, 9.17) is 4.74 Å². The molecule has 2 rings (SSSR count). The Hall–Kier alpha value is -2.12. The molecule has 24 heavy (non-hydrogen) atoms. The average Bonchev–Trinajstić information content (AvgIpc) is 2.69. The first kappa shape index (κ1) is 18.2. The molecule has 1 saturated heterocycles. The monoisotopic (exact) mass is 339 g/mol. The van der Waals surface area contributed by atoms with Gasteiger partial charge in [0.15, 0.2) is 6.61 Å². The van der Waals surface area contributed by atoms with Crippen molar-refractivity contribution in [3.05, 3.63) is 0 Å². The van der Waals surface area contributed by atoms with E-state index in [9.17, 15) is 19.2 Å². The van der Waals surface area contributed by atoms with E-state index in [2.05, 4.69) is 10.7 Å². The Balaban J connectivity index is 1.86. The number of hydrogen-bond acceptors (Lipinski definition) is 5. The molecule has 2 aliphatic rings. The number of nitrogens with one attached hydrogen (secondary N) is 2. The third kappa shape index (κ3) is 4.24. The Morgan fingerprint density at radius 3 is 2.42 bits per heavy atom. The first-order valence-corrected chi connectivity index (χ1v) is 8.25. The van der Waals surface area contributed by atoms with Crippen molar-refractivity contribution in [2.24, 2.45) is 5.41 Å². The second kappa shape index (κ2) is 6.78. The minimum absolute atomic E-state index is 0.173. The summed E-state index contributed by atoms with van der Waals surface area (Å²) in [4.78, 5) is 47.9. The van der Waals surface area contributed by atoms with Gasteiger partial charge in [-0.3, -0.25) is 19.8 Å². The number of amides is 4. The van der Waals surface area contributed by atoms with Crippen LogP contribution in [0.3, 0.4) is 0 Å². The van der Waals surface area contributed by atoms with E-state index in [1.807, 2.05) is 20.8 Å². The van der Waals surface area contributed by atoms with Crippen LogP contribution < -0.4 is 10.7 Å². The van der Waals surface area contributed by atoms with Gasteiger partial charge >= 0.3 is 12.0 Å². The molecule has 1 aliphatic carbocycles. The molecule has 8 nitrogen and oxygen atoms in total. The second-order valence-electron chi connectivity index (χ2n) is 7.65. The molecule has 0 radical (unpaired) electrons. The molecule has 1 aliphatic heterocycles. The molecule has 0 unspecified atom stereocenters. The van der Waals surface area contributed by atoms with Gasteiger partial charge in [0.25, 0.3) is 11.8 Å². The average molecular weight is 339 g/mol. The number of carbonyl (C=O) groups excluding carboxylic acids is 4. The smallest absolute Gasteiger partial charge is 0.344 e. The molecule has 2 N–H and O–H groups in total. The van der Waals surface area contributed by atoms with E-state index in [0.717, 1.165) is 19.3 Å². The van der Waals surface area contributed by atoms with Crippen LogP contribution in [0.2, 0.25) is 0 Å². The van der Waals surface area contributed by atoms with Crippen molar-refractivity contribution in [2.45, 2.75) is 64.8 Å². The molecule has 2 fully saturated rings. The fraction of sp³-hybridized carbons (Fsp3) is 0.750. The van der Waals surface area contributed by atoms with Crippen molar-refractivity contribution in [2.75, 3.05) is 6.61 Å². The molecule has 1 spiro atoms. The van der Waals surface area contributed by atoms with Crippen LogP contribution >= 0.6 is 0 Å². The third-order valence-electron chi connectivity index (χ3n) is 4.14. The molecular formula is C16H25N3O5. The van der Waals surface area contributed by atoms with Gasteiger partial charge in [0.1, 0.15) is 5.54 Å². The fourth-order valence-electron chi connectivity index (χ4n) is 3.00. The van der Waals surface area contributed by atoms with Gasteiger partial charge in [-0.2, -0.15) is 5.01 Å². The summed E-state index contributed by atoms with van der Waals surface area (Å²) in [5.74, 6) is -1.66. The lowest BCUT2D eigenvalue weighted by atomic mass is 9.82. The zero-order chi connectivity index (χ0) is 18.0. The molecule has 0 aromatic rings. The van der Waals surface area contributed by atoms with Crippen LogP contribution in [0.15, 0.2) is 0 Å². The van der Waals surface area contributed by atoms with Gasteiger partial charge < -0.3 is 10.1 Å². The summed E-state index contributed by atoms with van der Waals surface area (Å²) >= 11 is 0. The zero-order valence-corrected chi connectivity index (χ0v) is 14.4. The molecule has 0 aromatic carbocycles. The summed E-state index contributed by atoms with van der Waals surface area (Å²) < 4.78 is 4.88. The van der Waals surface area contributed by atoms with Gasteiger partial charge in [0.05, 0.1) is 6.42 Å². The van der Waals surface area contributed by atoms with Gasteiger partial charge in [-0.1, -0.05) is 40.0 Å². The topological polar surface area (TPSA) is 105 Å². The summed E-state index contributed by atoms with van der Waals surface area (Å²) in [6.07, 6.45) is 4.07. The highest BCUT2D eigenvalue weighted by Crippen LogP contribution is 2.32. The maximum Gasteiger partial charge on any atom is 0.344 e. The summed E-state index contributed by atoms with van der Waals surface area (Å²) in [5.41, 5.74) is 1.08. The molecular weight excluding hydrogens is 314 g/mol. The number of esters is 1. The van der Waals surface area contributed by atoms with Crippen molar-refractivity contribution in [3.63, 3.8) is 0 Å². The van der Waals surface area contributed by atoms with Crippen LogP contribution in [0.1, 0.15) is 59.3 Å². The van der Waals surface area contributed by atoms with Gasteiger partial charge in [-0.25, -0.2) is 4.79 Å². The first-order valence-electron chi connectivity index (χ1n) is 8.25. The Morgan fingerprint density at radius 1 is 1.21 bits per heavy atom. The van der Waals surface area contributed by atoms with E-state index >= 15 is 0 Å². The number of hydrazine groups is 1. The fourth-order valence-corrected chi connectivity index (χ4v) is 3.00. The van der Waals surface area contributed by atoms with Crippen molar-refractivity contribution in [1.29, 1.82) is 0 Å². The summed E-state index contributed by atoms with van der Waals surface area (Å²) in [6, 6.07) is -0.642. The lowest BCUT2D eigenvalue weighted by Gasteiger charge is -2.30. The number of imide groups is 1. The molecule has 0 bridgehead atoms. The van der Waals surface area contributed by atoms with Crippen LogP contribution in [-0.2, 0) is 19.1 Å². The molecule has 1 heterocycles. The largest absolute Gasteiger partial charge is 0.455 e. The standard InChI is InChI=1S/C16H25N3O5/c1-15(2,3)9-12(21)24-10-11(20)18-19-13(22)16(17-14(19)23)7-5-4-6-8-16/h4-10H2,1-3H3,(H,17,23)(H,18,20). The highest BCUT2D eigenvalue weighted by Gasteiger charge is 2.52. The highest BCUT2D eigenvalue weighted by atomic mass is 16.5. The predicted octanol–water partition coefficient (Wildman–Crippen LogP) is 1.25. The van der Waals surface area contributed by atoms with Gasteiger partial charge in [0, 0.05) is 0 Å². The molecule has 134 valence electrons. The number of ether oxygens (including phenoxy) is 1. The molecule has 8 heteroatoms. The van der Waals surface area contributed by atoms with Crippen LogP contribution in [0.5, 0.6) is 0 Å². The van der Waals surface area contributed by atoms with E-state index in [0.29, 0.717) is 17.9 Å². The van der Waals surface area contributed by atoms with E-state index < -0.39 is 36.0 Å². The minimum Gasteiger partial charge on any atom is -0.455 e. The minimum atomic E-state index is -0.897. The summed E-state index contributed by atoms with van der Waals surface area (Å²) in [7, 11) is 0. The maximum atomic E-state index is 12.5. The lowest BCUT2D eigenvalue weighted by Crippen LogP contribution is -2.51. The van der Waals surface area contributed by atoms with Crippen LogP contribution in [-0.4, -0.2) is 41.0 Å². The zero-order valence-electron chi connectivity index (χ0n) is 14.4. The summed E-state index contributed by atoms with van der Waals surface area (Å²) in [5, 5.41) is 3.39. The molecule has 4 amide bonds. The van der Waals surface area contributed by atoms with Crippen molar-refractivity contribution < 1.29 is 23.9 Å². The third-order valence-corrected chi connectivity index (χ3v) is 4.14. The normalized spacial score (nSPS) is 20.0. The number of rotatable bonds is 4. The van der Waals surface area contributed by atoms with E-state index in [1.165, 1.54) is 0 Å². The van der Waals surface area contributed by atoms with Crippen LogP contribution in [0, 0.1) is 5.41 Å². The van der Waals surface area contributed by atoms with E-state index in [1.54, 1.807) is 0 Å². The van der Waals surface area contributed by atoms with Crippen LogP contribution in [0.4, 0.5) is 4.79 Å². The number of nitrogens with zero attached hydrogens (tertiary/aromatic N) is 1. The molecule has 0 aromatic heterocycles. The SMILES string of the molecule is CC(C)(C)CC(=O)OCC(=O)NN1C(=O)NC2(CCCCC2)C1=O. The maximum absolute atomic E-state index is 12.5. The van der Waals surface area contributed by atoms with Crippen molar-refractivity contribution in [3.8, 4) is 0 Å². The quantitative estimate of drug-likeness (QED) is 0.592. The number of hydrogen-bond donors (Lipinski definition) is 2. The number of carbonyl (C=O) groups is 4.